The van der Waals surface area contributed by atoms with E-state index < -0.39 is 0 Å². The lowest BCUT2D eigenvalue weighted by Crippen LogP contribution is -2.26. The summed E-state index contributed by atoms with van der Waals surface area (Å²) in [7, 11) is 2.21. The molecule has 1 heteroatoms. The number of nitrogens with zero attached hydrogens (tertiary/aromatic N) is 1. The van der Waals surface area contributed by atoms with Gasteiger partial charge < -0.3 is 4.90 Å². The molecule has 1 unspecified atom stereocenters. The van der Waals surface area contributed by atoms with Crippen LogP contribution in [-0.4, -0.2) is 25.0 Å². The molecule has 0 spiro atoms. The minimum absolute atomic E-state index is 0.665. The molecule has 0 amide bonds. The SMILES string of the molecule is CN1CCC(=CC2C=CC=CC2)CC1. The highest BCUT2D eigenvalue weighted by molar-refractivity contribution is 5.19. The van der Waals surface area contributed by atoms with E-state index in [1.165, 1.54) is 32.4 Å². The van der Waals surface area contributed by atoms with Gasteiger partial charge >= 0.3 is 0 Å². The van der Waals surface area contributed by atoms with E-state index in [2.05, 4.69) is 42.3 Å². The number of hydrogen-bond acceptors (Lipinski definition) is 1. The Morgan fingerprint density at radius 3 is 2.71 bits per heavy atom. The number of allylic oxidation sites excluding steroid dienone is 5. The van der Waals surface area contributed by atoms with Gasteiger partial charge in [0.2, 0.25) is 0 Å². The Hall–Kier alpha value is -0.820. The summed E-state index contributed by atoms with van der Waals surface area (Å²) in [6.45, 7) is 2.47. The molecule has 0 aromatic heterocycles. The van der Waals surface area contributed by atoms with Gasteiger partial charge in [0.15, 0.2) is 0 Å². The third-order valence-corrected chi connectivity index (χ3v) is 3.09. The number of hydrogen-bond donors (Lipinski definition) is 0. The van der Waals surface area contributed by atoms with E-state index in [1.54, 1.807) is 5.57 Å². The number of piperidine rings is 1. The zero-order valence-electron chi connectivity index (χ0n) is 8.95. The Balaban J connectivity index is 1.91. The Kier molecular flexibility index (Phi) is 3.20. The molecule has 0 bridgehead atoms. The van der Waals surface area contributed by atoms with Crippen LogP contribution < -0.4 is 0 Å². The van der Waals surface area contributed by atoms with E-state index in [4.69, 9.17) is 0 Å². The predicted octanol–water partition coefficient (Wildman–Crippen LogP) is 2.77. The molecule has 0 N–H and O–H groups in total. The fourth-order valence-electron chi connectivity index (χ4n) is 2.10. The van der Waals surface area contributed by atoms with Gasteiger partial charge in [-0.2, -0.15) is 0 Å². The first-order valence-corrected chi connectivity index (χ1v) is 5.56. The molecule has 1 heterocycles. The van der Waals surface area contributed by atoms with Crippen molar-refractivity contribution in [1.29, 1.82) is 0 Å². The van der Waals surface area contributed by atoms with Crippen molar-refractivity contribution in [3.63, 3.8) is 0 Å². The Bertz CT molecular complexity index is 263. The fourth-order valence-corrected chi connectivity index (χ4v) is 2.10. The quantitative estimate of drug-likeness (QED) is 0.573. The van der Waals surface area contributed by atoms with Crippen LogP contribution in [0.15, 0.2) is 36.0 Å². The molecule has 1 aliphatic heterocycles. The average molecular weight is 189 g/mol. The van der Waals surface area contributed by atoms with Gasteiger partial charge in [0.1, 0.15) is 0 Å². The summed E-state index contributed by atoms with van der Waals surface area (Å²) < 4.78 is 0. The summed E-state index contributed by atoms with van der Waals surface area (Å²) in [6.07, 6.45) is 15.1. The summed E-state index contributed by atoms with van der Waals surface area (Å²) in [6, 6.07) is 0. The van der Waals surface area contributed by atoms with Gasteiger partial charge in [-0.25, -0.2) is 0 Å². The van der Waals surface area contributed by atoms with Crippen LogP contribution in [0.2, 0.25) is 0 Å². The van der Waals surface area contributed by atoms with Gasteiger partial charge in [0, 0.05) is 13.1 Å². The molecule has 1 atom stereocenters. The van der Waals surface area contributed by atoms with Gasteiger partial charge in [-0.1, -0.05) is 36.0 Å². The first kappa shape index (κ1) is 9.72. The molecule has 1 nitrogen and oxygen atoms in total. The van der Waals surface area contributed by atoms with E-state index >= 15 is 0 Å². The highest BCUT2D eigenvalue weighted by atomic mass is 15.1. The van der Waals surface area contributed by atoms with Crippen molar-refractivity contribution in [2.75, 3.05) is 20.1 Å². The lowest BCUT2D eigenvalue weighted by molar-refractivity contribution is 0.311. The molecule has 0 radical (unpaired) electrons. The number of likely N-dealkylation sites (tertiary alicyclic amines) is 1. The molecule has 2 aliphatic rings. The third-order valence-electron chi connectivity index (χ3n) is 3.09. The largest absolute Gasteiger partial charge is 0.306 e. The maximum Gasteiger partial charge on any atom is 0.00157 e. The monoisotopic (exact) mass is 189 g/mol. The van der Waals surface area contributed by atoms with Crippen LogP contribution in [0.25, 0.3) is 0 Å². The van der Waals surface area contributed by atoms with Crippen molar-refractivity contribution in [1.82, 2.24) is 4.90 Å². The van der Waals surface area contributed by atoms with Crippen molar-refractivity contribution in [3.8, 4) is 0 Å². The third kappa shape index (κ3) is 2.58. The maximum atomic E-state index is 2.48. The summed E-state index contributed by atoms with van der Waals surface area (Å²) in [5.74, 6) is 0.665. The standard InChI is InChI=1S/C13H19N/c1-14-9-7-13(8-10-14)11-12-5-3-2-4-6-12/h2-5,11-12H,6-10H2,1H3. The normalized spacial score (nSPS) is 28.1. The predicted molar refractivity (Wildman–Crippen MR) is 61.2 cm³/mol. The molecule has 0 aromatic rings. The van der Waals surface area contributed by atoms with Crippen molar-refractivity contribution in [2.24, 2.45) is 5.92 Å². The summed E-state index contributed by atoms with van der Waals surface area (Å²) >= 11 is 0. The van der Waals surface area contributed by atoms with Crippen LogP contribution in [0.4, 0.5) is 0 Å². The zero-order valence-corrected chi connectivity index (χ0v) is 8.95. The second kappa shape index (κ2) is 4.61. The van der Waals surface area contributed by atoms with Gasteiger partial charge in [-0.3, -0.25) is 0 Å². The lowest BCUT2D eigenvalue weighted by Gasteiger charge is -2.25. The summed E-state index contributed by atoms with van der Waals surface area (Å²) in [5, 5.41) is 0. The molecule has 14 heavy (non-hydrogen) atoms. The minimum atomic E-state index is 0.665. The zero-order chi connectivity index (χ0) is 9.80. The van der Waals surface area contributed by atoms with Crippen LogP contribution in [0.5, 0.6) is 0 Å². The maximum absolute atomic E-state index is 2.48. The van der Waals surface area contributed by atoms with Crippen molar-refractivity contribution < 1.29 is 0 Å². The molecular formula is C13H19N. The first-order valence-electron chi connectivity index (χ1n) is 5.56. The van der Waals surface area contributed by atoms with Crippen LogP contribution in [-0.2, 0) is 0 Å². The van der Waals surface area contributed by atoms with Gasteiger partial charge in [-0.15, -0.1) is 0 Å². The van der Waals surface area contributed by atoms with Crippen LogP contribution in [0, 0.1) is 5.92 Å². The van der Waals surface area contributed by atoms with Gasteiger partial charge in [-0.05, 0) is 32.2 Å². The second-order valence-corrected chi connectivity index (χ2v) is 4.34. The lowest BCUT2D eigenvalue weighted by atomic mass is 9.94. The molecule has 0 aromatic carbocycles. The number of rotatable bonds is 1. The van der Waals surface area contributed by atoms with Crippen LogP contribution in [0.1, 0.15) is 19.3 Å². The minimum Gasteiger partial charge on any atom is -0.306 e. The van der Waals surface area contributed by atoms with Crippen LogP contribution in [0.3, 0.4) is 0 Å². The topological polar surface area (TPSA) is 3.24 Å². The summed E-state index contributed by atoms with van der Waals surface area (Å²) in [5.41, 5.74) is 1.66. The van der Waals surface area contributed by atoms with E-state index in [-0.39, 0.29) is 0 Å². The molecule has 1 aliphatic carbocycles. The molecule has 2 rings (SSSR count). The van der Waals surface area contributed by atoms with E-state index in [1.807, 2.05) is 0 Å². The summed E-state index contributed by atoms with van der Waals surface area (Å²) in [4.78, 5) is 2.41. The molecule has 1 fully saturated rings. The second-order valence-electron chi connectivity index (χ2n) is 4.34. The first-order chi connectivity index (χ1) is 6.84. The van der Waals surface area contributed by atoms with E-state index in [0.29, 0.717) is 5.92 Å². The van der Waals surface area contributed by atoms with Gasteiger partial charge in [0.25, 0.3) is 0 Å². The average Bonchev–Trinajstić information content (AvgIpc) is 2.23. The van der Waals surface area contributed by atoms with Crippen molar-refractivity contribution in [3.05, 3.63) is 36.0 Å². The highest BCUT2D eigenvalue weighted by Crippen LogP contribution is 2.21. The Morgan fingerprint density at radius 2 is 2.07 bits per heavy atom. The van der Waals surface area contributed by atoms with E-state index in [9.17, 15) is 0 Å². The van der Waals surface area contributed by atoms with Crippen molar-refractivity contribution in [2.45, 2.75) is 19.3 Å². The van der Waals surface area contributed by atoms with Crippen molar-refractivity contribution >= 4 is 0 Å². The molecular weight excluding hydrogens is 170 g/mol. The van der Waals surface area contributed by atoms with E-state index in [0.717, 1.165) is 0 Å². The molecule has 76 valence electrons. The Labute approximate surface area is 86.8 Å². The molecule has 0 saturated carbocycles. The van der Waals surface area contributed by atoms with Crippen LogP contribution >= 0.6 is 0 Å². The van der Waals surface area contributed by atoms with Gasteiger partial charge in [0.05, 0.1) is 0 Å². The fraction of sp³-hybridized carbons (Fsp3) is 0.538. The molecule has 1 saturated heterocycles. The smallest absolute Gasteiger partial charge is 0.00157 e. The Morgan fingerprint density at radius 1 is 1.29 bits per heavy atom. The highest BCUT2D eigenvalue weighted by Gasteiger charge is 2.11.